The maximum absolute atomic E-state index is 5.93. The zero-order valence-corrected chi connectivity index (χ0v) is 12.3. The van der Waals surface area contributed by atoms with Gasteiger partial charge >= 0.3 is 0 Å². The van der Waals surface area contributed by atoms with E-state index in [0.717, 1.165) is 36.3 Å². The molecule has 108 valence electrons. The first-order chi connectivity index (χ1) is 9.60. The normalized spacial score (nSPS) is 12.4. The van der Waals surface area contributed by atoms with E-state index in [1.165, 1.54) is 0 Å². The van der Waals surface area contributed by atoms with Gasteiger partial charge in [0.25, 0.3) is 0 Å². The van der Waals surface area contributed by atoms with Crippen molar-refractivity contribution in [2.24, 2.45) is 5.73 Å². The maximum Gasteiger partial charge on any atom is 0.225 e. The van der Waals surface area contributed by atoms with Gasteiger partial charge in [-0.25, -0.2) is 9.97 Å². The smallest absolute Gasteiger partial charge is 0.225 e. The average Bonchev–Trinajstić information content (AvgIpc) is 2.85. The van der Waals surface area contributed by atoms with Crippen LogP contribution in [0.25, 0.3) is 0 Å². The van der Waals surface area contributed by atoms with Gasteiger partial charge in [0.05, 0.1) is 6.26 Å². The van der Waals surface area contributed by atoms with Crippen molar-refractivity contribution in [2.75, 3.05) is 11.9 Å². The average molecular weight is 274 g/mol. The Morgan fingerprint density at radius 1 is 1.35 bits per heavy atom. The van der Waals surface area contributed by atoms with Crippen molar-refractivity contribution in [3.8, 4) is 0 Å². The summed E-state index contributed by atoms with van der Waals surface area (Å²) in [5.41, 5.74) is 8.16. The van der Waals surface area contributed by atoms with Gasteiger partial charge in [-0.05, 0) is 31.4 Å². The highest BCUT2D eigenvalue weighted by atomic mass is 16.3. The van der Waals surface area contributed by atoms with E-state index in [9.17, 15) is 0 Å². The molecule has 20 heavy (non-hydrogen) atoms. The van der Waals surface area contributed by atoms with Gasteiger partial charge in [0.1, 0.15) is 5.76 Å². The van der Waals surface area contributed by atoms with E-state index in [1.54, 1.807) is 6.26 Å². The molecule has 5 nitrogen and oxygen atoms in total. The van der Waals surface area contributed by atoms with Crippen LogP contribution in [-0.4, -0.2) is 23.1 Å². The van der Waals surface area contributed by atoms with E-state index in [-0.39, 0.29) is 6.04 Å². The molecule has 1 atom stereocenters. The summed E-state index contributed by atoms with van der Waals surface area (Å²) < 4.78 is 5.30. The summed E-state index contributed by atoms with van der Waals surface area (Å²) in [7, 11) is 1.97. The summed E-state index contributed by atoms with van der Waals surface area (Å²) in [4.78, 5) is 10.8. The minimum Gasteiger partial charge on any atom is -0.469 e. The Bertz CT molecular complexity index is 535. The van der Waals surface area contributed by atoms with Gasteiger partial charge in [-0.15, -0.1) is 0 Å². The van der Waals surface area contributed by atoms with Crippen LogP contribution in [0.3, 0.4) is 0 Å². The maximum atomic E-state index is 5.93. The van der Waals surface area contributed by atoms with E-state index in [4.69, 9.17) is 10.2 Å². The van der Waals surface area contributed by atoms with Crippen LogP contribution in [0, 0.1) is 6.92 Å². The van der Waals surface area contributed by atoms with Gasteiger partial charge in [0.15, 0.2) is 0 Å². The van der Waals surface area contributed by atoms with Crippen LogP contribution >= 0.6 is 0 Å². The Hall–Kier alpha value is -1.88. The van der Waals surface area contributed by atoms with Crippen molar-refractivity contribution < 1.29 is 4.42 Å². The van der Waals surface area contributed by atoms with Gasteiger partial charge in [-0.3, -0.25) is 0 Å². The third kappa shape index (κ3) is 3.57. The molecular weight excluding hydrogens is 252 g/mol. The van der Waals surface area contributed by atoms with Gasteiger partial charge in [-0.2, -0.15) is 0 Å². The van der Waals surface area contributed by atoms with Crippen LogP contribution in [0.15, 0.2) is 29.1 Å². The Kier molecular flexibility index (Phi) is 4.74. The van der Waals surface area contributed by atoms with E-state index >= 15 is 0 Å². The van der Waals surface area contributed by atoms with Crippen LogP contribution in [-0.2, 0) is 13.0 Å². The van der Waals surface area contributed by atoms with Gasteiger partial charge in [0.2, 0.25) is 5.95 Å². The minimum atomic E-state index is 0.177. The number of aromatic nitrogens is 2. The topological polar surface area (TPSA) is 68.2 Å². The lowest BCUT2D eigenvalue weighted by Crippen LogP contribution is -2.22. The Morgan fingerprint density at radius 3 is 2.60 bits per heavy atom. The molecule has 0 fully saturated rings. The fourth-order valence-electron chi connectivity index (χ4n) is 2.00. The monoisotopic (exact) mass is 274 g/mol. The molecule has 0 amide bonds. The first-order valence-corrected chi connectivity index (χ1v) is 6.90. The Balaban J connectivity index is 2.00. The van der Waals surface area contributed by atoms with E-state index in [1.807, 2.05) is 37.3 Å². The molecule has 2 rings (SSSR count). The number of furan rings is 1. The van der Waals surface area contributed by atoms with Gasteiger partial charge in [-0.1, -0.05) is 6.92 Å². The summed E-state index contributed by atoms with van der Waals surface area (Å²) in [6, 6.07) is 2.15. The summed E-state index contributed by atoms with van der Waals surface area (Å²) in [6.45, 7) is 4.77. The molecule has 0 bridgehead atoms. The van der Waals surface area contributed by atoms with Crippen molar-refractivity contribution in [2.45, 2.75) is 39.3 Å². The molecule has 0 spiro atoms. The molecule has 2 N–H and O–H groups in total. The Labute approximate surface area is 119 Å². The molecule has 0 saturated carbocycles. The van der Waals surface area contributed by atoms with Crippen LogP contribution in [0.4, 0.5) is 5.95 Å². The molecule has 0 radical (unpaired) electrons. The van der Waals surface area contributed by atoms with Crippen molar-refractivity contribution in [3.63, 3.8) is 0 Å². The highest BCUT2D eigenvalue weighted by Crippen LogP contribution is 2.14. The number of hydrogen-bond acceptors (Lipinski definition) is 5. The lowest BCUT2D eigenvalue weighted by molar-refractivity contribution is 0.529. The quantitative estimate of drug-likeness (QED) is 0.875. The van der Waals surface area contributed by atoms with E-state index in [0.29, 0.717) is 5.95 Å². The summed E-state index contributed by atoms with van der Waals surface area (Å²) in [5.74, 6) is 1.64. The predicted molar refractivity (Wildman–Crippen MR) is 79.6 cm³/mol. The van der Waals surface area contributed by atoms with Crippen LogP contribution < -0.4 is 10.6 Å². The van der Waals surface area contributed by atoms with Gasteiger partial charge < -0.3 is 15.1 Å². The zero-order chi connectivity index (χ0) is 14.5. The number of anilines is 1. The molecule has 0 aliphatic carbocycles. The number of rotatable bonds is 6. The largest absolute Gasteiger partial charge is 0.469 e. The molecule has 2 aromatic rings. The first-order valence-electron chi connectivity index (χ1n) is 6.90. The molecule has 2 aromatic heterocycles. The molecule has 2 heterocycles. The summed E-state index contributed by atoms with van der Waals surface area (Å²) in [5, 5.41) is 0. The number of aryl methyl sites for hydroxylation is 1. The summed E-state index contributed by atoms with van der Waals surface area (Å²) in [6.07, 6.45) is 7.20. The van der Waals surface area contributed by atoms with Crippen molar-refractivity contribution in [1.29, 1.82) is 0 Å². The standard InChI is InChI=1S/C15H22N4O/c1-4-14(16)7-12-8-17-15(18-9-12)19(3)10-13-5-6-20-11(13)2/h5-6,8-9,14H,4,7,10,16H2,1-3H3. The molecule has 0 saturated heterocycles. The second-order valence-corrected chi connectivity index (χ2v) is 5.12. The summed E-state index contributed by atoms with van der Waals surface area (Å²) >= 11 is 0. The van der Waals surface area contributed by atoms with Crippen molar-refractivity contribution in [3.05, 3.63) is 41.6 Å². The lowest BCUT2D eigenvalue weighted by Gasteiger charge is -2.17. The minimum absolute atomic E-state index is 0.177. The SMILES string of the molecule is CCC(N)Cc1cnc(N(C)Cc2ccoc2C)nc1. The zero-order valence-electron chi connectivity index (χ0n) is 12.3. The number of nitrogens with zero attached hydrogens (tertiary/aromatic N) is 3. The van der Waals surface area contributed by atoms with Gasteiger partial charge in [0, 0.05) is 37.6 Å². The van der Waals surface area contributed by atoms with Crippen LogP contribution in [0.2, 0.25) is 0 Å². The van der Waals surface area contributed by atoms with E-state index in [2.05, 4.69) is 16.9 Å². The third-order valence-corrected chi connectivity index (χ3v) is 3.43. The van der Waals surface area contributed by atoms with Crippen molar-refractivity contribution >= 4 is 5.95 Å². The third-order valence-electron chi connectivity index (χ3n) is 3.43. The fraction of sp³-hybridized carbons (Fsp3) is 0.467. The predicted octanol–water partition coefficient (Wildman–Crippen LogP) is 2.29. The molecule has 0 aliphatic rings. The van der Waals surface area contributed by atoms with Crippen molar-refractivity contribution in [1.82, 2.24) is 9.97 Å². The first kappa shape index (κ1) is 14.5. The molecular formula is C15H22N4O. The highest BCUT2D eigenvalue weighted by Gasteiger charge is 2.09. The molecule has 0 aliphatic heterocycles. The number of hydrogen-bond donors (Lipinski definition) is 1. The fourth-order valence-corrected chi connectivity index (χ4v) is 2.00. The second-order valence-electron chi connectivity index (χ2n) is 5.12. The lowest BCUT2D eigenvalue weighted by atomic mass is 10.1. The highest BCUT2D eigenvalue weighted by molar-refractivity contribution is 5.31. The Morgan fingerprint density at radius 2 is 2.05 bits per heavy atom. The second kappa shape index (κ2) is 6.52. The van der Waals surface area contributed by atoms with Crippen LogP contribution in [0.5, 0.6) is 0 Å². The number of nitrogens with two attached hydrogens (primary N) is 1. The molecule has 5 heteroatoms. The van der Waals surface area contributed by atoms with Crippen LogP contribution in [0.1, 0.15) is 30.2 Å². The molecule has 0 aromatic carbocycles. The van der Waals surface area contributed by atoms with E-state index < -0.39 is 0 Å². The molecule has 1 unspecified atom stereocenters.